The van der Waals surface area contributed by atoms with Gasteiger partial charge in [-0.25, -0.2) is 8.42 Å². The van der Waals surface area contributed by atoms with E-state index < -0.39 is 20.5 Å². The molecule has 0 radical (unpaired) electrons. The van der Waals surface area contributed by atoms with E-state index in [9.17, 15) is 23.3 Å². The predicted molar refractivity (Wildman–Crippen MR) is 107 cm³/mol. The molecule has 0 atom stereocenters. The number of carbonyl (C=O) groups excluding carboxylic acids is 1. The fourth-order valence-corrected chi connectivity index (χ4v) is 3.90. The number of benzene rings is 2. The van der Waals surface area contributed by atoms with Crippen LogP contribution >= 0.6 is 0 Å². The van der Waals surface area contributed by atoms with Crippen LogP contribution in [-0.2, 0) is 10.0 Å². The van der Waals surface area contributed by atoms with Crippen LogP contribution in [0.5, 0.6) is 0 Å². The summed E-state index contributed by atoms with van der Waals surface area (Å²) in [7, 11) is -4.04. The third-order valence-corrected chi connectivity index (χ3v) is 5.50. The topological polar surface area (TPSA) is 118 Å². The largest absolute Gasteiger partial charge is 0.347 e. The molecule has 0 spiro atoms. The first-order valence-electron chi connectivity index (χ1n) is 8.51. The van der Waals surface area contributed by atoms with Crippen molar-refractivity contribution in [2.24, 2.45) is 0 Å². The van der Waals surface area contributed by atoms with Crippen LogP contribution in [0.15, 0.2) is 41.3 Å². The van der Waals surface area contributed by atoms with Gasteiger partial charge < -0.3 is 5.32 Å². The first-order valence-corrected chi connectivity index (χ1v) is 9.99. The molecule has 0 aliphatic rings. The Bertz CT molecular complexity index is 1020. The SMILES string of the molecule is Cc1cc([N+](=O)[O-])cc(S(=O)(=O)Nc2ccc(C(=O)NC(C)(C)C)cc2)c1C. The molecule has 0 bridgehead atoms. The molecular weight excluding hydrogens is 382 g/mol. The molecule has 2 rings (SSSR count). The molecule has 0 aromatic heterocycles. The number of aryl methyl sites for hydroxylation is 1. The Hall–Kier alpha value is -2.94. The second-order valence-corrected chi connectivity index (χ2v) is 9.18. The van der Waals surface area contributed by atoms with Crippen LogP contribution in [-0.4, -0.2) is 24.8 Å². The highest BCUT2D eigenvalue weighted by Crippen LogP contribution is 2.27. The molecule has 0 saturated carbocycles. The Morgan fingerprint density at radius 3 is 2.14 bits per heavy atom. The normalized spacial score (nSPS) is 11.8. The van der Waals surface area contributed by atoms with E-state index in [1.165, 1.54) is 30.3 Å². The van der Waals surface area contributed by atoms with Crippen LogP contribution in [0.1, 0.15) is 42.3 Å². The van der Waals surface area contributed by atoms with Crippen molar-refractivity contribution in [3.05, 3.63) is 63.2 Å². The Labute approximate surface area is 164 Å². The van der Waals surface area contributed by atoms with Crippen molar-refractivity contribution < 1.29 is 18.1 Å². The number of nitrogens with zero attached hydrogens (tertiary/aromatic N) is 1. The predicted octanol–water partition coefficient (Wildman–Crippen LogP) is 3.54. The van der Waals surface area contributed by atoms with E-state index in [2.05, 4.69) is 10.0 Å². The van der Waals surface area contributed by atoms with Gasteiger partial charge in [0.1, 0.15) is 0 Å². The van der Waals surface area contributed by atoms with E-state index in [4.69, 9.17) is 0 Å². The summed E-state index contributed by atoms with van der Waals surface area (Å²) in [5.41, 5.74) is 0.881. The Morgan fingerprint density at radius 2 is 1.64 bits per heavy atom. The summed E-state index contributed by atoms with van der Waals surface area (Å²) in [5, 5.41) is 13.9. The van der Waals surface area contributed by atoms with Crippen molar-refractivity contribution in [1.29, 1.82) is 0 Å². The van der Waals surface area contributed by atoms with Crippen molar-refractivity contribution in [2.75, 3.05) is 4.72 Å². The summed E-state index contributed by atoms with van der Waals surface area (Å²) in [5.74, 6) is -0.271. The highest BCUT2D eigenvalue weighted by Gasteiger charge is 2.23. The Morgan fingerprint density at radius 1 is 1.07 bits per heavy atom. The fraction of sp³-hybridized carbons (Fsp3) is 0.316. The van der Waals surface area contributed by atoms with E-state index in [0.717, 1.165) is 6.07 Å². The lowest BCUT2D eigenvalue weighted by molar-refractivity contribution is -0.385. The lowest BCUT2D eigenvalue weighted by Gasteiger charge is -2.20. The summed E-state index contributed by atoms with van der Waals surface area (Å²) < 4.78 is 27.9. The van der Waals surface area contributed by atoms with Gasteiger partial charge in [0.2, 0.25) is 0 Å². The monoisotopic (exact) mass is 405 g/mol. The number of nitrogens with one attached hydrogen (secondary N) is 2. The third-order valence-electron chi connectivity index (χ3n) is 3.99. The van der Waals surface area contributed by atoms with Gasteiger partial charge in [0.05, 0.1) is 9.82 Å². The molecule has 0 fully saturated rings. The molecule has 0 aliphatic carbocycles. The molecule has 9 heteroatoms. The van der Waals surface area contributed by atoms with E-state index in [0.29, 0.717) is 16.7 Å². The van der Waals surface area contributed by atoms with Crippen LogP contribution in [0.4, 0.5) is 11.4 Å². The van der Waals surface area contributed by atoms with Gasteiger partial charge >= 0.3 is 0 Å². The molecule has 2 aromatic rings. The average molecular weight is 405 g/mol. The fourth-order valence-electron chi connectivity index (χ4n) is 2.51. The smallest absolute Gasteiger partial charge is 0.271 e. The molecule has 1 amide bonds. The van der Waals surface area contributed by atoms with Crippen LogP contribution in [0.25, 0.3) is 0 Å². The summed E-state index contributed by atoms with van der Waals surface area (Å²) in [6.45, 7) is 8.78. The Balaban J connectivity index is 2.30. The lowest BCUT2D eigenvalue weighted by Crippen LogP contribution is -2.40. The van der Waals surface area contributed by atoms with Gasteiger partial charge in [0, 0.05) is 28.9 Å². The van der Waals surface area contributed by atoms with E-state index in [1.54, 1.807) is 13.8 Å². The molecule has 8 nitrogen and oxygen atoms in total. The average Bonchev–Trinajstić information content (AvgIpc) is 2.55. The zero-order chi connectivity index (χ0) is 21.3. The number of anilines is 1. The van der Waals surface area contributed by atoms with Crippen LogP contribution in [0.2, 0.25) is 0 Å². The number of hydrogen-bond acceptors (Lipinski definition) is 5. The first kappa shape index (κ1) is 21.4. The number of nitro benzene ring substituents is 1. The van der Waals surface area contributed by atoms with Crippen molar-refractivity contribution in [3.8, 4) is 0 Å². The van der Waals surface area contributed by atoms with Crippen molar-refractivity contribution in [3.63, 3.8) is 0 Å². The minimum atomic E-state index is -4.04. The van der Waals surface area contributed by atoms with E-state index in [1.807, 2.05) is 20.8 Å². The minimum Gasteiger partial charge on any atom is -0.347 e. The Kier molecular flexibility index (Phi) is 5.79. The maximum Gasteiger partial charge on any atom is 0.271 e. The number of non-ortho nitro benzene ring substituents is 1. The molecular formula is C19H23N3O5S. The number of nitro groups is 1. The van der Waals surface area contributed by atoms with Crippen LogP contribution in [0.3, 0.4) is 0 Å². The van der Waals surface area contributed by atoms with Gasteiger partial charge in [0.15, 0.2) is 0 Å². The number of amides is 1. The van der Waals surface area contributed by atoms with Gasteiger partial charge in [-0.3, -0.25) is 19.6 Å². The van der Waals surface area contributed by atoms with Gasteiger partial charge in [0.25, 0.3) is 21.6 Å². The number of sulfonamides is 1. The van der Waals surface area contributed by atoms with Crippen molar-refractivity contribution in [2.45, 2.75) is 45.1 Å². The summed E-state index contributed by atoms with van der Waals surface area (Å²) >= 11 is 0. The summed E-state index contributed by atoms with van der Waals surface area (Å²) in [6.07, 6.45) is 0. The molecule has 0 aliphatic heterocycles. The van der Waals surface area contributed by atoms with Crippen LogP contribution < -0.4 is 10.0 Å². The molecule has 150 valence electrons. The zero-order valence-corrected chi connectivity index (χ0v) is 17.2. The highest BCUT2D eigenvalue weighted by molar-refractivity contribution is 7.92. The quantitative estimate of drug-likeness (QED) is 0.582. The number of carbonyl (C=O) groups is 1. The first-order chi connectivity index (χ1) is 12.8. The molecule has 0 saturated heterocycles. The second-order valence-electron chi connectivity index (χ2n) is 7.53. The zero-order valence-electron chi connectivity index (χ0n) is 16.4. The second kappa shape index (κ2) is 7.59. The minimum absolute atomic E-state index is 0.159. The van der Waals surface area contributed by atoms with Crippen molar-refractivity contribution >= 4 is 27.3 Å². The molecule has 0 unspecified atom stereocenters. The molecule has 2 aromatic carbocycles. The molecule has 0 heterocycles. The van der Waals surface area contributed by atoms with Crippen LogP contribution in [0, 0.1) is 24.0 Å². The lowest BCUT2D eigenvalue weighted by atomic mass is 10.1. The summed E-state index contributed by atoms with van der Waals surface area (Å²) in [6, 6.07) is 8.31. The summed E-state index contributed by atoms with van der Waals surface area (Å²) in [4.78, 5) is 22.4. The standard InChI is InChI=1S/C19H23N3O5S/c1-12-10-16(22(24)25)11-17(13(12)2)28(26,27)21-15-8-6-14(7-9-15)18(23)20-19(3,4)5/h6-11,21H,1-5H3,(H,20,23). The van der Waals surface area contributed by atoms with Gasteiger partial charge in [-0.2, -0.15) is 0 Å². The number of rotatable bonds is 5. The molecule has 2 N–H and O–H groups in total. The highest BCUT2D eigenvalue weighted by atomic mass is 32.2. The van der Waals surface area contributed by atoms with Gasteiger partial charge in [-0.05, 0) is 70.0 Å². The maximum atomic E-state index is 12.7. The third kappa shape index (κ3) is 5.07. The van der Waals surface area contributed by atoms with E-state index in [-0.39, 0.29) is 22.2 Å². The van der Waals surface area contributed by atoms with Gasteiger partial charge in [-0.15, -0.1) is 0 Å². The molecule has 28 heavy (non-hydrogen) atoms. The maximum absolute atomic E-state index is 12.7. The number of hydrogen-bond donors (Lipinski definition) is 2. The van der Waals surface area contributed by atoms with E-state index >= 15 is 0 Å². The van der Waals surface area contributed by atoms with Crippen molar-refractivity contribution in [1.82, 2.24) is 5.32 Å². The van der Waals surface area contributed by atoms with Gasteiger partial charge in [-0.1, -0.05) is 0 Å².